The topological polar surface area (TPSA) is 81.4 Å². The number of rotatable bonds is 6. The van der Waals surface area contributed by atoms with Crippen LogP contribution in [0.4, 0.5) is 5.00 Å². The third-order valence-electron chi connectivity index (χ3n) is 3.38. The van der Waals surface area contributed by atoms with Crippen molar-refractivity contribution in [3.63, 3.8) is 0 Å². The Morgan fingerprint density at radius 1 is 1.22 bits per heavy atom. The molecule has 0 aliphatic carbocycles. The summed E-state index contributed by atoms with van der Waals surface area (Å²) in [4.78, 5) is 23.9. The van der Waals surface area contributed by atoms with Crippen LogP contribution in [0.3, 0.4) is 0 Å². The van der Waals surface area contributed by atoms with Gasteiger partial charge in [0.1, 0.15) is 10.6 Å². The molecular weight excluding hydrogens is 312 g/mol. The van der Waals surface area contributed by atoms with Crippen LogP contribution in [0, 0.1) is 0 Å². The molecule has 1 heterocycles. The average molecular weight is 332 g/mol. The van der Waals surface area contributed by atoms with E-state index in [2.05, 4.69) is 12.2 Å². The van der Waals surface area contributed by atoms with Crippen LogP contribution in [0.1, 0.15) is 29.8 Å². The van der Waals surface area contributed by atoms with Crippen molar-refractivity contribution in [2.75, 3.05) is 18.5 Å². The van der Waals surface area contributed by atoms with Gasteiger partial charge >= 0.3 is 5.97 Å². The van der Waals surface area contributed by atoms with Crippen molar-refractivity contribution in [1.82, 2.24) is 0 Å². The van der Waals surface area contributed by atoms with Crippen molar-refractivity contribution in [2.24, 2.45) is 5.73 Å². The smallest absolute Gasteiger partial charge is 0.341 e. The first-order valence-electron chi connectivity index (χ1n) is 7.48. The summed E-state index contributed by atoms with van der Waals surface area (Å²) in [6.07, 6.45) is 0.951. The minimum atomic E-state index is -0.448. The molecule has 0 radical (unpaired) electrons. The van der Waals surface area contributed by atoms with Crippen molar-refractivity contribution in [3.8, 4) is 11.1 Å². The largest absolute Gasteiger partial charge is 0.462 e. The van der Waals surface area contributed by atoms with Gasteiger partial charge in [0.2, 0.25) is 5.91 Å². The molecule has 0 fully saturated rings. The van der Waals surface area contributed by atoms with Crippen LogP contribution < -0.4 is 11.1 Å². The van der Waals surface area contributed by atoms with Gasteiger partial charge in [-0.3, -0.25) is 4.79 Å². The van der Waals surface area contributed by atoms with E-state index in [9.17, 15) is 9.59 Å². The summed E-state index contributed by atoms with van der Waals surface area (Å²) >= 11 is 1.29. The molecule has 2 rings (SSSR count). The lowest BCUT2D eigenvalue weighted by atomic mass is 10.0. The van der Waals surface area contributed by atoms with Crippen molar-refractivity contribution < 1.29 is 14.3 Å². The maximum Gasteiger partial charge on any atom is 0.341 e. The molecule has 3 N–H and O–H groups in total. The molecular formula is C17H20N2O3S. The second-order valence-electron chi connectivity index (χ2n) is 4.88. The fourth-order valence-corrected chi connectivity index (χ4v) is 3.14. The Bertz CT molecular complexity index is 692. The lowest BCUT2D eigenvalue weighted by molar-refractivity contribution is -0.114. The first-order valence-corrected chi connectivity index (χ1v) is 8.36. The number of anilines is 1. The van der Waals surface area contributed by atoms with E-state index < -0.39 is 5.97 Å². The Morgan fingerprint density at radius 3 is 2.48 bits per heavy atom. The summed E-state index contributed by atoms with van der Waals surface area (Å²) in [6.45, 7) is 3.97. The number of carbonyl (C=O) groups excluding carboxylic acids is 2. The highest BCUT2D eigenvalue weighted by Crippen LogP contribution is 2.36. The van der Waals surface area contributed by atoms with Gasteiger partial charge < -0.3 is 15.8 Å². The van der Waals surface area contributed by atoms with E-state index >= 15 is 0 Å². The number of nitrogens with two attached hydrogens (primary N) is 1. The maximum absolute atomic E-state index is 12.3. The highest BCUT2D eigenvalue weighted by atomic mass is 32.1. The Balaban J connectivity index is 2.45. The Labute approximate surface area is 139 Å². The van der Waals surface area contributed by atoms with Gasteiger partial charge in [-0.15, -0.1) is 11.3 Å². The number of aryl methyl sites for hydroxylation is 1. The monoisotopic (exact) mass is 332 g/mol. The highest BCUT2D eigenvalue weighted by molar-refractivity contribution is 7.15. The average Bonchev–Trinajstić information content (AvgIpc) is 2.98. The van der Waals surface area contributed by atoms with Crippen molar-refractivity contribution in [1.29, 1.82) is 0 Å². The number of esters is 1. The lowest BCUT2D eigenvalue weighted by Crippen LogP contribution is -2.22. The number of carbonyl (C=O) groups is 2. The fourth-order valence-electron chi connectivity index (χ4n) is 2.17. The first-order chi connectivity index (χ1) is 11.1. The second-order valence-corrected chi connectivity index (χ2v) is 5.76. The Hall–Kier alpha value is -2.18. The number of hydrogen-bond donors (Lipinski definition) is 2. The molecule has 1 aromatic heterocycles. The third kappa shape index (κ3) is 3.97. The zero-order chi connectivity index (χ0) is 16.8. The molecule has 0 spiro atoms. The van der Waals surface area contributed by atoms with Gasteiger partial charge in [0, 0.05) is 10.9 Å². The lowest BCUT2D eigenvalue weighted by Gasteiger charge is -2.08. The minimum Gasteiger partial charge on any atom is -0.462 e. The molecule has 0 aliphatic rings. The molecule has 1 amide bonds. The summed E-state index contributed by atoms with van der Waals surface area (Å²) in [5.74, 6) is -0.791. The summed E-state index contributed by atoms with van der Waals surface area (Å²) in [7, 11) is 0. The Kier molecular flexibility index (Phi) is 5.90. The van der Waals surface area contributed by atoms with Crippen LogP contribution in [0.5, 0.6) is 0 Å². The van der Waals surface area contributed by atoms with Gasteiger partial charge in [0.15, 0.2) is 0 Å². The van der Waals surface area contributed by atoms with Crippen LogP contribution in [0.15, 0.2) is 29.6 Å². The van der Waals surface area contributed by atoms with Crippen LogP contribution in [0.25, 0.3) is 11.1 Å². The number of benzene rings is 1. The summed E-state index contributed by atoms with van der Waals surface area (Å²) in [5, 5.41) is 4.98. The normalized spacial score (nSPS) is 10.4. The molecule has 0 bridgehead atoms. The van der Waals surface area contributed by atoms with Gasteiger partial charge in [-0.05, 0) is 24.5 Å². The quantitative estimate of drug-likeness (QED) is 0.797. The summed E-state index contributed by atoms with van der Waals surface area (Å²) in [5.41, 5.74) is 8.59. The molecule has 0 atom stereocenters. The SMILES string of the molecule is CCOC(=O)c1c(-c2ccc(CC)cc2)csc1NC(=O)CN. The van der Waals surface area contributed by atoms with Crippen LogP contribution in [-0.4, -0.2) is 25.0 Å². The fraction of sp³-hybridized carbons (Fsp3) is 0.294. The molecule has 2 aromatic rings. The van der Waals surface area contributed by atoms with Crippen LogP contribution >= 0.6 is 11.3 Å². The molecule has 122 valence electrons. The van der Waals surface area contributed by atoms with Gasteiger partial charge in [0.05, 0.1) is 13.2 Å². The number of hydrogen-bond acceptors (Lipinski definition) is 5. The molecule has 1 aromatic carbocycles. The molecule has 6 heteroatoms. The van der Waals surface area contributed by atoms with Crippen molar-refractivity contribution in [2.45, 2.75) is 20.3 Å². The molecule has 5 nitrogen and oxygen atoms in total. The van der Waals surface area contributed by atoms with E-state index in [0.29, 0.717) is 10.6 Å². The van der Waals surface area contributed by atoms with E-state index in [1.165, 1.54) is 16.9 Å². The van der Waals surface area contributed by atoms with E-state index in [-0.39, 0.29) is 19.1 Å². The molecule has 0 saturated heterocycles. The highest BCUT2D eigenvalue weighted by Gasteiger charge is 2.22. The predicted octanol–water partition coefficient (Wildman–Crippen LogP) is 3.05. The predicted molar refractivity (Wildman–Crippen MR) is 92.8 cm³/mol. The maximum atomic E-state index is 12.3. The van der Waals surface area contributed by atoms with E-state index in [0.717, 1.165) is 17.5 Å². The molecule has 0 saturated carbocycles. The van der Waals surface area contributed by atoms with Crippen molar-refractivity contribution in [3.05, 3.63) is 40.8 Å². The molecule has 23 heavy (non-hydrogen) atoms. The number of amides is 1. The van der Waals surface area contributed by atoms with Gasteiger partial charge in [-0.2, -0.15) is 0 Å². The third-order valence-corrected chi connectivity index (χ3v) is 4.28. The minimum absolute atomic E-state index is 0.138. The van der Waals surface area contributed by atoms with E-state index in [4.69, 9.17) is 10.5 Å². The first kappa shape index (κ1) is 17.2. The van der Waals surface area contributed by atoms with E-state index in [1.54, 1.807) is 6.92 Å². The van der Waals surface area contributed by atoms with Gasteiger partial charge in [-0.1, -0.05) is 31.2 Å². The van der Waals surface area contributed by atoms with Crippen molar-refractivity contribution >= 4 is 28.2 Å². The number of ether oxygens (including phenoxy) is 1. The van der Waals surface area contributed by atoms with Crippen LogP contribution in [-0.2, 0) is 16.0 Å². The zero-order valence-corrected chi connectivity index (χ0v) is 14.0. The number of nitrogens with one attached hydrogen (secondary N) is 1. The van der Waals surface area contributed by atoms with Gasteiger partial charge in [-0.25, -0.2) is 4.79 Å². The Morgan fingerprint density at radius 2 is 1.91 bits per heavy atom. The molecule has 0 aliphatic heterocycles. The zero-order valence-electron chi connectivity index (χ0n) is 13.2. The van der Waals surface area contributed by atoms with Crippen LogP contribution in [0.2, 0.25) is 0 Å². The number of thiophene rings is 1. The summed E-state index contributed by atoms with van der Waals surface area (Å²) < 4.78 is 5.13. The standard InChI is InChI=1S/C17H20N2O3S/c1-3-11-5-7-12(8-6-11)13-10-23-16(19-14(20)9-18)15(13)17(21)22-4-2/h5-8,10H,3-4,9,18H2,1-2H3,(H,19,20). The van der Waals surface area contributed by atoms with E-state index in [1.807, 2.05) is 29.6 Å². The second kappa shape index (κ2) is 7.89. The molecule has 0 unspecified atom stereocenters. The van der Waals surface area contributed by atoms with Gasteiger partial charge in [0.25, 0.3) is 0 Å². The summed E-state index contributed by atoms with van der Waals surface area (Å²) in [6, 6.07) is 8.00.